The van der Waals surface area contributed by atoms with E-state index in [1.807, 2.05) is 37.3 Å². The summed E-state index contributed by atoms with van der Waals surface area (Å²) in [6.07, 6.45) is 0. The van der Waals surface area contributed by atoms with E-state index in [0.29, 0.717) is 17.7 Å². The molecule has 0 aliphatic rings. The maximum absolute atomic E-state index is 12.1. The number of carbonyl (C=O) groups excluding carboxylic acids is 1. The Labute approximate surface area is 136 Å². The molecule has 0 aromatic heterocycles. The lowest BCUT2D eigenvalue weighted by atomic mass is 10.1. The molecule has 2 aromatic carbocycles. The number of benzene rings is 2. The summed E-state index contributed by atoms with van der Waals surface area (Å²) in [5, 5.41) is 2.87. The number of sulfonamides is 1. The topological polar surface area (TPSA) is 75.3 Å². The summed E-state index contributed by atoms with van der Waals surface area (Å²) in [7, 11) is -1.88. The molecule has 0 aliphatic heterocycles. The predicted molar refractivity (Wildman–Crippen MR) is 90.5 cm³/mol. The Kier molecular flexibility index (Phi) is 5.52. The van der Waals surface area contributed by atoms with Crippen LogP contribution in [0.4, 0.5) is 0 Å². The van der Waals surface area contributed by atoms with Gasteiger partial charge in [-0.3, -0.25) is 4.79 Å². The van der Waals surface area contributed by atoms with Crippen molar-refractivity contribution in [2.45, 2.75) is 19.2 Å². The van der Waals surface area contributed by atoms with E-state index in [0.717, 1.165) is 11.1 Å². The monoisotopic (exact) mass is 332 g/mol. The standard InChI is InChI=1S/C17H20N2O3S/c1-13-5-3-4-6-16(13)17(20)19-11-14-7-9-15(10-8-14)12-23(21,22)18-2/h3-10,18H,11-12H2,1-2H3,(H,19,20). The Hall–Kier alpha value is -2.18. The maximum Gasteiger partial charge on any atom is 0.251 e. The lowest BCUT2D eigenvalue weighted by Gasteiger charge is -2.08. The van der Waals surface area contributed by atoms with Crippen molar-refractivity contribution >= 4 is 15.9 Å². The van der Waals surface area contributed by atoms with E-state index >= 15 is 0 Å². The van der Waals surface area contributed by atoms with E-state index in [1.165, 1.54) is 7.05 Å². The van der Waals surface area contributed by atoms with Crippen molar-refractivity contribution in [1.82, 2.24) is 10.0 Å². The van der Waals surface area contributed by atoms with Gasteiger partial charge >= 0.3 is 0 Å². The predicted octanol–water partition coefficient (Wildman–Crippen LogP) is 1.97. The molecule has 2 rings (SSSR count). The van der Waals surface area contributed by atoms with Gasteiger partial charge in [-0.05, 0) is 36.7 Å². The van der Waals surface area contributed by atoms with Crippen LogP contribution in [-0.2, 0) is 22.3 Å². The molecule has 23 heavy (non-hydrogen) atoms. The van der Waals surface area contributed by atoms with Crippen LogP contribution in [0.2, 0.25) is 0 Å². The molecule has 1 amide bonds. The fourth-order valence-corrected chi connectivity index (χ4v) is 2.93. The third-order valence-electron chi connectivity index (χ3n) is 3.53. The average Bonchev–Trinajstić information content (AvgIpc) is 2.54. The number of hydrogen-bond donors (Lipinski definition) is 2. The van der Waals surface area contributed by atoms with Crippen LogP contribution in [0.3, 0.4) is 0 Å². The number of hydrogen-bond acceptors (Lipinski definition) is 3. The molecule has 0 fully saturated rings. The molecule has 0 heterocycles. The zero-order chi connectivity index (χ0) is 16.9. The second-order valence-corrected chi connectivity index (χ2v) is 7.20. The van der Waals surface area contributed by atoms with Gasteiger partial charge in [0.15, 0.2) is 0 Å². The lowest BCUT2D eigenvalue weighted by Crippen LogP contribution is -2.23. The normalized spacial score (nSPS) is 11.2. The van der Waals surface area contributed by atoms with E-state index in [-0.39, 0.29) is 11.7 Å². The molecule has 0 bridgehead atoms. The Bertz CT molecular complexity index is 784. The number of carbonyl (C=O) groups is 1. The van der Waals surface area contributed by atoms with E-state index in [2.05, 4.69) is 10.0 Å². The quantitative estimate of drug-likeness (QED) is 0.849. The molecule has 2 N–H and O–H groups in total. The van der Waals surface area contributed by atoms with Crippen LogP contribution in [0.1, 0.15) is 27.0 Å². The van der Waals surface area contributed by atoms with Crippen molar-refractivity contribution < 1.29 is 13.2 Å². The second-order valence-electron chi connectivity index (χ2n) is 5.28. The van der Waals surface area contributed by atoms with Gasteiger partial charge in [0, 0.05) is 12.1 Å². The van der Waals surface area contributed by atoms with Gasteiger partial charge < -0.3 is 5.32 Å². The van der Waals surface area contributed by atoms with Crippen molar-refractivity contribution in [2.24, 2.45) is 0 Å². The van der Waals surface area contributed by atoms with Crippen LogP contribution >= 0.6 is 0 Å². The van der Waals surface area contributed by atoms with Gasteiger partial charge in [0.25, 0.3) is 5.91 Å². The van der Waals surface area contributed by atoms with Crippen LogP contribution < -0.4 is 10.0 Å². The van der Waals surface area contributed by atoms with Crippen molar-refractivity contribution in [2.75, 3.05) is 7.05 Å². The molecule has 0 atom stereocenters. The van der Waals surface area contributed by atoms with Crippen LogP contribution in [0, 0.1) is 6.92 Å². The van der Waals surface area contributed by atoms with Crippen LogP contribution in [-0.4, -0.2) is 21.4 Å². The Morgan fingerprint density at radius 3 is 2.22 bits per heavy atom. The Morgan fingerprint density at radius 2 is 1.61 bits per heavy atom. The molecule has 0 saturated carbocycles. The summed E-state index contributed by atoms with van der Waals surface area (Å²) in [4.78, 5) is 12.1. The minimum Gasteiger partial charge on any atom is -0.348 e. The first-order valence-electron chi connectivity index (χ1n) is 7.24. The number of aryl methyl sites for hydroxylation is 1. The zero-order valence-corrected chi connectivity index (χ0v) is 14.0. The smallest absolute Gasteiger partial charge is 0.251 e. The van der Waals surface area contributed by atoms with Gasteiger partial charge in [0.05, 0.1) is 5.75 Å². The summed E-state index contributed by atoms with van der Waals surface area (Å²) in [6.45, 7) is 2.29. The van der Waals surface area contributed by atoms with Gasteiger partial charge in [-0.2, -0.15) is 0 Å². The summed E-state index contributed by atoms with van der Waals surface area (Å²) in [6, 6.07) is 14.6. The largest absolute Gasteiger partial charge is 0.348 e. The molecule has 0 unspecified atom stereocenters. The third kappa shape index (κ3) is 4.91. The second kappa shape index (κ2) is 7.39. The highest BCUT2D eigenvalue weighted by molar-refractivity contribution is 7.88. The minimum absolute atomic E-state index is 0.0562. The maximum atomic E-state index is 12.1. The molecule has 0 radical (unpaired) electrons. The van der Waals surface area contributed by atoms with Gasteiger partial charge in [-0.25, -0.2) is 13.1 Å². The van der Waals surface area contributed by atoms with Gasteiger partial charge in [0.2, 0.25) is 10.0 Å². The SMILES string of the molecule is CNS(=O)(=O)Cc1ccc(CNC(=O)c2ccccc2C)cc1. The zero-order valence-electron chi connectivity index (χ0n) is 13.2. The Balaban J connectivity index is 1.97. The van der Waals surface area contributed by atoms with Gasteiger partial charge in [0.1, 0.15) is 0 Å². The van der Waals surface area contributed by atoms with Crippen molar-refractivity contribution in [3.8, 4) is 0 Å². The summed E-state index contributed by atoms with van der Waals surface area (Å²) in [5.41, 5.74) is 3.20. The highest BCUT2D eigenvalue weighted by atomic mass is 32.2. The summed E-state index contributed by atoms with van der Waals surface area (Å²) in [5.74, 6) is -0.177. The molecule has 0 aliphatic carbocycles. The first-order chi connectivity index (χ1) is 10.9. The third-order valence-corrected chi connectivity index (χ3v) is 4.87. The van der Waals surface area contributed by atoms with Crippen LogP contribution in [0.25, 0.3) is 0 Å². The van der Waals surface area contributed by atoms with Crippen molar-refractivity contribution in [3.63, 3.8) is 0 Å². The summed E-state index contributed by atoms with van der Waals surface area (Å²) >= 11 is 0. The number of amides is 1. The summed E-state index contributed by atoms with van der Waals surface area (Å²) < 4.78 is 25.3. The van der Waals surface area contributed by atoms with Crippen LogP contribution in [0.15, 0.2) is 48.5 Å². The molecular formula is C17H20N2O3S. The van der Waals surface area contributed by atoms with Gasteiger partial charge in [-0.1, -0.05) is 42.5 Å². The molecule has 6 heteroatoms. The fraction of sp³-hybridized carbons (Fsp3) is 0.235. The van der Waals surface area contributed by atoms with E-state index in [4.69, 9.17) is 0 Å². The highest BCUT2D eigenvalue weighted by Gasteiger charge is 2.09. The fourth-order valence-electron chi connectivity index (χ4n) is 2.15. The first-order valence-corrected chi connectivity index (χ1v) is 8.89. The highest BCUT2D eigenvalue weighted by Crippen LogP contribution is 2.09. The number of nitrogens with one attached hydrogen (secondary N) is 2. The number of rotatable bonds is 6. The molecule has 122 valence electrons. The molecule has 2 aromatic rings. The van der Waals surface area contributed by atoms with E-state index < -0.39 is 10.0 Å². The van der Waals surface area contributed by atoms with E-state index in [1.54, 1.807) is 18.2 Å². The van der Waals surface area contributed by atoms with Gasteiger partial charge in [-0.15, -0.1) is 0 Å². The molecule has 0 saturated heterocycles. The minimum atomic E-state index is -3.27. The average molecular weight is 332 g/mol. The molecule has 5 nitrogen and oxygen atoms in total. The lowest BCUT2D eigenvalue weighted by molar-refractivity contribution is 0.0950. The van der Waals surface area contributed by atoms with Crippen molar-refractivity contribution in [3.05, 3.63) is 70.8 Å². The van der Waals surface area contributed by atoms with Crippen molar-refractivity contribution in [1.29, 1.82) is 0 Å². The van der Waals surface area contributed by atoms with Crippen LogP contribution in [0.5, 0.6) is 0 Å². The first kappa shape index (κ1) is 17.2. The molecular weight excluding hydrogens is 312 g/mol. The van der Waals surface area contributed by atoms with E-state index in [9.17, 15) is 13.2 Å². The molecule has 0 spiro atoms. The Morgan fingerprint density at radius 1 is 1.00 bits per heavy atom.